The maximum atomic E-state index is 12.0. The van der Waals surface area contributed by atoms with Crippen molar-refractivity contribution in [1.29, 1.82) is 0 Å². The van der Waals surface area contributed by atoms with E-state index in [0.717, 1.165) is 11.1 Å². The average Bonchev–Trinajstić information content (AvgIpc) is 2.34. The summed E-state index contributed by atoms with van der Waals surface area (Å²) < 4.78 is 10.4. The number of ether oxygens (including phenoxy) is 2. The van der Waals surface area contributed by atoms with Crippen molar-refractivity contribution in [3.8, 4) is 5.75 Å². The maximum absolute atomic E-state index is 12.0. The Balaban J connectivity index is 3.23. The number of hydrogen-bond donors (Lipinski definition) is 0. The molecule has 19 heavy (non-hydrogen) atoms. The Morgan fingerprint density at radius 1 is 1.21 bits per heavy atom. The first-order valence-electron chi connectivity index (χ1n) is 6.36. The molecule has 0 saturated heterocycles. The van der Waals surface area contributed by atoms with Crippen LogP contribution >= 0.6 is 0 Å². The number of benzene rings is 1. The molecule has 0 heterocycles. The van der Waals surface area contributed by atoms with Crippen LogP contribution in [0.4, 0.5) is 0 Å². The predicted octanol–water partition coefficient (Wildman–Crippen LogP) is 2.84. The summed E-state index contributed by atoms with van der Waals surface area (Å²) in [4.78, 5) is 23.6. The highest BCUT2D eigenvalue weighted by Crippen LogP contribution is 2.28. The van der Waals surface area contributed by atoms with Gasteiger partial charge < -0.3 is 9.47 Å². The van der Waals surface area contributed by atoms with Gasteiger partial charge in [-0.05, 0) is 51.8 Å². The maximum Gasteiger partial charge on any atom is 0.379 e. The molecule has 0 spiro atoms. The van der Waals surface area contributed by atoms with E-state index in [1.807, 2.05) is 27.7 Å². The minimum Gasteiger partial charge on any atom is -0.490 e. The monoisotopic (exact) mass is 264 g/mol. The zero-order valence-corrected chi connectivity index (χ0v) is 12.1. The van der Waals surface area contributed by atoms with Gasteiger partial charge in [0.25, 0.3) is 5.78 Å². The topological polar surface area (TPSA) is 52.6 Å². The Labute approximate surface area is 113 Å². The van der Waals surface area contributed by atoms with Crippen LogP contribution < -0.4 is 4.74 Å². The first-order valence-corrected chi connectivity index (χ1v) is 6.36. The SMILES string of the molecule is CCOC(=O)C(=O)c1ccc(C)c(C)c1OC(C)C. The van der Waals surface area contributed by atoms with Crippen LogP contribution in [0.25, 0.3) is 0 Å². The third-order valence-electron chi connectivity index (χ3n) is 2.74. The molecular weight excluding hydrogens is 244 g/mol. The Morgan fingerprint density at radius 3 is 2.37 bits per heavy atom. The molecule has 0 fully saturated rings. The molecule has 4 heteroatoms. The van der Waals surface area contributed by atoms with Crippen LogP contribution in [0.2, 0.25) is 0 Å². The van der Waals surface area contributed by atoms with E-state index in [4.69, 9.17) is 9.47 Å². The van der Waals surface area contributed by atoms with E-state index in [1.165, 1.54) is 0 Å². The van der Waals surface area contributed by atoms with Gasteiger partial charge >= 0.3 is 5.97 Å². The molecule has 1 aromatic carbocycles. The van der Waals surface area contributed by atoms with Gasteiger partial charge in [-0.3, -0.25) is 4.79 Å². The van der Waals surface area contributed by atoms with Gasteiger partial charge in [-0.15, -0.1) is 0 Å². The van der Waals surface area contributed by atoms with Crippen molar-refractivity contribution in [1.82, 2.24) is 0 Å². The Bertz CT molecular complexity index is 489. The summed E-state index contributed by atoms with van der Waals surface area (Å²) >= 11 is 0. The Kier molecular flexibility index (Phi) is 5.10. The summed E-state index contributed by atoms with van der Waals surface area (Å²) in [6.07, 6.45) is -0.0748. The molecule has 0 aliphatic carbocycles. The average molecular weight is 264 g/mol. The zero-order valence-electron chi connectivity index (χ0n) is 12.1. The first-order chi connectivity index (χ1) is 8.88. The molecule has 0 bridgehead atoms. The minimum atomic E-state index is -0.848. The largest absolute Gasteiger partial charge is 0.490 e. The third-order valence-corrected chi connectivity index (χ3v) is 2.74. The van der Waals surface area contributed by atoms with Gasteiger partial charge in [-0.1, -0.05) is 6.07 Å². The number of rotatable bonds is 5. The summed E-state index contributed by atoms with van der Waals surface area (Å²) in [6, 6.07) is 3.41. The normalized spacial score (nSPS) is 10.4. The van der Waals surface area contributed by atoms with Crippen molar-refractivity contribution in [3.63, 3.8) is 0 Å². The fraction of sp³-hybridized carbons (Fsp3) is 0.467. The molecule has 0 radical (unpaired) electrons. The van der Waals surface area contributed by atoms with Crippen molar-refractivity contribution in [3.05, 3.63) is 28.8 Å². The molecule has 0 aliphatic rings. The lowest BCUT2D eigenvalue weighted by molar-refractivity contribution is -0.137. The van der Waals surface area contributed by atoms with Crippen LogP contribution in [0, 0.1) is 13.8 Å². The molecule has 0 unspecified atom stereocenters. The molecule has 0 N–H and O–H groups in total. The number of esters is 1. The summed E-state index contributed by atoms with van der Waals surface area (Å²) in [5, 5.41) is 0. The fourth-order valence-electron chi connectivity index (χ4n) is 1.66. The van der Waals surface area contributed by atoms with Crippen LogP contribution in [0.1, 0.15) is 42.3 Å². The lowest BCUT2D eigenvalue weighted by Crippen LogP contribution is -2.20. The van der Waals surface area contributed by atoms with Gasteiger partial charge in [-0.25, -0.2) is 4.79 Å². The second kappa shape index (κ2) is 6.36. The summed E-state index contributed by atoms with van der Waals surface area (Å²) in [7, 11) is 0. The number of hydrogen-bond acceptors (Lipinski definition) is 4. The molecule has 1 rings (SSSR count). The molecule has 0 aromatic heterocycles. The number of carbonyl (C=O) groups is 2. The molecule has 0 amide bonds. The fourth-order valence-corrected chi connectivity index (χ4v) is 1.66. The minimum absolute atomic E-state index is 0.0748. The van der Waals surface area contributed by atoms with Gasteiger partial charge in [0.1, 0.15) is 5.75 Å². The lowest BCUT2D eigenvalue weighted by Gasteiger charge is -2.17. The highest BCUT2D eigenvalue weighted by Gasteiger charge is 2.23. The number of aryl methyl sites for hydroxylation is 1. The molecule has 104 valence electrons. The standard InChI is InChI=1S/C15H20O4/c1-6-18-15(17)13(16)12-8-7-10(4)11(5)14(12)19-9(2)3/h7-9H,6H2,1-5H3. The molecular formula is C15H20O4. The van der Waals surface area contributed by atoms with E-state index in [-0.39, 0.29) is 18.3 Å². The van der Waals surface area contributed by atoms with Gasteiger partial charge in [-0.2, -0.15) is 0 Å². The van der Waals surface area contributed by atoms with Crippen molar-refractivity contribution < 1.29 is 19.1 Å². The highest BCUT2D eigenvalue weighted by molar-refractivity contribution is 6.41. The molecule has 4 nitrogen and oxygen atoms in total. The van der Waals surface area contributed by atoms with Gasteiger partial charge in [0.15, 0.2) is 0 Å². The molecule has 0 aliphatic heterocycles. The second-order valence-electron chi connectivity index (χ2n) is 4.60. The van der Waals surface area contributed by atoms with Crippen LogP contribution in [-0.2, 0) is 9.53 Å². The van der Waals surface area contributed by atoms with Gasteiger partial charge in [0.05, 0.1) is 18.3 Å². The van der Waals surface area contributed by atoms with Gasteiger partial charge in [0, 0.05) is 0 Å². The van der Waals surface area contributed by atoms with Crippen molar-refractivity contribution in [2.45, 2.75) is 40.7 Å². The summed E-state index contributed by atoms with van der Waals surface area (Å²) in [6.45, 7) is 9.39. The van der Waals surface area contributed by atoms with Crippen LogP contribution in [0.15, 0.2) is 12.1 Å². The van der Waals surface area contributed by atoms with Gasteiger partial charge in [0.2, 0.25) is 0 Å². The highest BCUT2D eigenvalue weighted by atomic mass is 16.5. The second-order valence-corrected chi connectivity index (χ2v) is 4.60. The lowest BCUT2D eigenvalue weighted by atomic mass is 10.0. The Hall–Kier alpha value is -1.84. The molecule has 1 aromatic rings. The summed E-state index contributed by atoms with van der Waals surface area (Å²) in [5.74, 6) is -1.05. The van der Waals surface area contributed by atoms with Crippen LogP contribution in [0.5, 0.6) is 5.75 Å². The van der Waals surface area contributed by atoms with Crippen molar-refractivity contribution in [2.24, 2.45) is 0 Å². The zero-order chi connectivity index (χ0) is 14.6. The van der Waals surface area contributed by atoms with E-state index < -0.39 is 11.8 Å². The summed E-state index contributed by atoms with van der Waals surface area (Å²) in [5.41, 5.74) is 2.13. The van der Waals surface area contributed by atoms with E-state index in [9.17, 15) is 9.59 Å². The smallest absolute Gasteiger partial charge is 0.379 e. The molecule has 0 atom stereocenters. The third kappa shape index (κ3) is 3.56. The van der Waals surface area contributed by atoms with Crippen molar-refractivity contribution >= 4 is 11.8 Å². The number of Topliss-reactive ketones (excluding diaryl/α,β-unsaturated/α-hetero) is 1. The van der Waals surface area contributed by atoms with Crippen LogP contribution in [-0.4, -0.2) is 24.5 Å². The van der Waals surface area contributed by atoms with E-state index >= 15 is 0 Å². The predicted molar refractivity (Wildman–Crippen MR) is 72.6 cm³/mol. The van der Waals surface area contributed by atoms with Crippen molar-refractivity contribution in [2.75, 3.05) is 6.61 Å². The quantitative estimate of drug-likeness (QED) is 0.466. The molecule has 0 saturated carbocycles. The Morgan fingerprint density at radius 2 is 1.84 bits per heavy atom. The van der Waals surface area contributed by atoms with E-state index in [0.29, 0.717) is 5.75 Å². The number of carbonyl (C=O) groups excluding carboxylic acids is 2. The van der Waals surface area contributed by atoms with E-state index in [1.54, 1.807) is 19.1 Å². The first kappa shape index (κ1) is 15.2. The van der Waals surface area contributed by atoms with E-state index in [2.05, 4.69) is 0 Å². The number of ketones is 1. The van der Waals surface area contributed by atoms with Crippen LogP contribution in [0.3, 0.4) is 0 Å².